The smallest absolute Gasteiger partial charge is 0.264 e. The van der Waals surface area contributed by atoms with Crippen LogP contribution in [0.2, 0.25) is 0 Å². The number of phenolic OH excluding ortho intramolecular Hbond substituents is 1. The fourth-order valence-corrected chi connectivity index (χ4v) is 3.68. The highest BCUT2D eigenvalue weighted by molar-refractivity contribution is 8.04. The first-order valence-corrected chi connectivity index (χ1v) is 7.86. The van der Waals surface area contributed by atoms with Crippen molar-refractivity contribution in [3.05, 3.63) is 58.0 Å². The number of likely N-dealkylation sites (N-methyl/N-ethyl adjacent to an activating group) is 1. The first-order chi connectivity index (χ1) is 10.5. The Labute approximate surface area is 134 Å². The van der Waals surface area contributed by atoms with Gasteiger partial charge in [-0.05, 0) is 60.9 Å². The zero-order chi connectivity index (χ0) is 15.9. The lowest BCUT2D eigenvalue weighted by molar-refractivity contribution is -0.114. The molecule has 0 aromatic heterocycles. The summed E-state index contributed by atoms with van der Waals surface area (Å²) in [4.78, 5) is 16.0. The second-order valence-electron chi connectivity index (χ2n) is 5.45. The van der Waals surface area contributed by atoms with Crippen molar-refractivity contribution in [2.24, 2.45) is 0 Å². The number of thioether (sulfide) groups is 1. The number of rotatable bonds is 1. The second kappa shape index (κ2) is 5.54. The van der Waals surface area contributed by atoms with Crippen molar-refractivity contribution in [3.63, 3.8) is 0 Å². The summed E-state index contributed by atoms with van der Waals surface area (Å²) in [6.45, 7) is 3.73. The van der Waals surface area contributed by atoms with E-state index in [1.807, 2.05) is 56.3 Å². The maximum atomic E-state index is 12.5. The van der Waals surface area contributed by atoms with Crippen LogP contribution in [0.25, 0.3) is 6.08 Å². The first kappa shape index (κ1) is 14.7. The average Bonchev–Trinajstić information content (AvgIpc) is 2.50. The number of para-hydroxylation sites is 1. The molecule has 22 heavy (non-hydrogen) atoms. The maximum absolute atomic E-state index is 12.5. The SMILES string of the molecule is Cc1cc(/C=C2/Sc3ccccc3N(C)C2=O)cc(C)c1O. The maximum Gasteiger partial charge on any atom is 0.264 e. The van der Waals surface area contributed by atoms with Gasteiger partial charge in [0.2, 0.25) is 0 Å². The van der Waals surface area contributed by atoms with E-state index in [1.54, 1.807) is 11.9 Å². The van der Waals surface area contributed by atoms with E-state index >= 15 is 0 Å². The molecule has 0 spiro atoms. The summed E-state index contributed by atoms with van der Waals surface area (Å²) in [5.41, 5.74) is 3.49. The van der Waals surface area contributed by atoms with Crippen molar-refractivity contribution < 1.29 is 9.90 Å². The zero-order valence-corrected chi connectivity index (χ0v) is 13.6. The number of hydrogen-bond donors (Lipinski definition) is 1. The number of phenols is 1. The molecular weight excluding hydrogens is 294 g/mol. The molecule has 0 saturated carbocycles. The van der Waals surface area contributed by atoms with Gasteiger partial charge in [-0.15, -0.1) is 0 Å². The summed E-state index contributed by atoms with van der Waals surface area (Å²) in [5.74, 6) is 0.305. The second-order valence-corrected chi connectivity index (χ2v) is 6.53. The number of carbonyl (C=O) groups is 1. The van der Waals surface area contributed by atoms with Gasteiger partial charge in [0.15, 0.2) is 0 Å². The van der Waals surface area contributed by atoms with E-state index in [4.69, 9.17) is 0 Å². The van der Waals surface area contributed by atoms with Gasteiger partial charge in [-0.25, -0.2) is 0 Å². The first-order valence-electron chi connectivity index (χ1n) is 7.04. The molecule has 1 aliphatic heterocycles. The molecule has 4 heteroatoms. The number of aryl methyl sites for hydroxylation is 2. The Bertz CT molecular complexity index is 772. The number of benzene rings is 2. The normalized spacial score (nSPS) is 16.0. The molecule has 0 unspecified atom stereocenters. The van der Waals surface area contributed by atoms with E-state index in [1.165, 1.54) is 11.8 Å². The molecule has 0 bridgehead atoms. The van der Waals surface area contributed by atoms with Crippen LogP contribution in [0.1, 0.15) is 16.7 Å². The fraction of sp³-hybridized carbons (Fsp3) is 0.167. The highest BCUT2D eigenvalue weighted by Gasteiger charge is 2.25. The Morgan fingerprint density at radius 1 is 1.14 bits per heavy atom. The summed E-state index contributed by atoms with van der Waals surface area (Å²) in [5, 5.41) is 9.86. The number of anilines is 1. The Morgan fingerprint density at radius 2 is 1.77 bits per heavy atom. The minimum Gasteiger partial charge on any atom is -0.507 e. The molecule has 0 radical (unpaired) electrons. The van der Waals surface area contributed by atoms with Crippen LogP contribution >= 0.6 is 11.8 Å². The van der Waals surface area contributed by atoms with Crippen LogP contribution in [0.5, 0.6) is 5.75 Å². The van der Waals surface area contributed by atoms with Gasteiger partial charge >= 0.3 is 0 Å². The van der Waals surface area contributed by atoms with Gasteiger partial charge in [0.25, 0.3) is 5.91 Å². The summed E-state index contributed by atoms with van der Waals surface area (Å²) in [6, 6.07) is 11.7. The highest BCUT2D eigenvalue weighted by atomic mass is 32.2. The van der Waals surface area contributed by atoms with E-state index in [0.29, 0.717) is 10.7 Å². The van der Waals surface area contributed by atoms with Crippen molar-refractivity contribution >= 4 is 29.4 Å². The molecule has 1 aliphatic rings. The van der Waals surface area contributed by atoms with Gasteiger partial charge in [-0.3, -0.25) is 4.79 Å². The van der Waals surface area contributed by atoms with Crippen LogP contribution < -0.4 is 4.90 Å². The number of nitrogens with zero attached hydrogens (tertiary/aromatic N) is 1. The van der Waals surface area contributed by atoms with Crippen molar-refractivity contribution in [2.45, 2.75) is 18.7 Å². The molecule has 0 fully saturated rings. The van der Waals surface area contributed by atoms with Crippen LogP contribution in [-0.2, 0) is 4.79 Å². The molecule has 2 aromatic rings. The summed E-state index contributed by atoms with van der Waals surface area (Å²) >= 11 is 1.49. The van der Waals surface area contributed by atoms with Crippen LogP contribution in [-0.4, -0.2) is 18.1 Å². The lowest BCUT2D eigenvalue weighted by Crippen LogP contribution is -2.29. The van der Waals surface area contributed by atoms with Gasteiger partial charge in [-0.1, -0.05) is 23.9 Å². The minimum absolute atomic E-state index is 0.00733. The number of fused-ring (bicyclic) bond motifs is 1. The average molecular weight is 311 g/mol. The quantitative estimate of drug-likeness (QED) is 0.805. The molecule has 1 heterocycles. The largest absolute Gasteiger partial charge is 0.507 e. The number of aromatic hydroxyl groups is 1. The van der Waals surface area contributed by atoms with Gasteiger partial charge in [0, 0.05) is 11.9 Å². The summed E-state index contributed by atoms with van der Waals surface area (Å²) in [7, 11) is 1.79. The zero-order valence-electron chi connectivity index (χ0n) is 12.8. The number of amides is 1. The van der Waals surface area contributed by atoms with Crippen LogP contribution in [0.15, 0.2) is 46.2 Å². The predicted octanol–water partition coefficient (Wildman–Crippen LogP) is 4.12. The molecule has 2 aromatic carbocycles. The van der Waals surface area contributed by atoms with Crippen molar-refractivity contribution in [2.75, 3.05) is 11.9 Å². The molecule has 112 valence electrons. The van der Waals surface area contributed by atoms with Crippen molar-refractivity contribution in [3.8, 4) is 5.75 Å². The topological polar surface area (TPSA) is 40.5 Å². The third-order valence-corrected chi connectivity index (χ3v) is 4.85. The van der Waals surface area contributed by atoms with Crippen molar-refractivity contribution in [1.82, 2.24) is 0 Å². The molecule has 3 rings (SSSR count). The lowest BCUT2D eigenvalue weighted by atomic mass is 10.1. The molecular formula is C18H17NO2S. The monoisotopic (exact) mass is 311 g/mol. The van der Waals surface area contributed by atoms with Gasteiger partial charge < -0.3 is 10.0 Å². The predicted molar refractivity (Wildman–Crippen MR) is 91.3 cm³/mol. The van der Waals surface area contributed by atoms with Crippen LogP contribution in [0.4, 0.5) is 5.69 Å². The lowest BCUT2D eigenvalue weighted by Gasteiger charge is -2.26. The van der Waals surface area contributed by atoms with Crippen molar-refractivity contribution in [1.29, 1.82) is 0 Å². The fourth-order valence-electron chi connectivity index (χ4n) is 2.57. The third-order valence-electron chi connectivity index (χ3n) is 3.77. The molecule has 1 amide bonds. The summed E-state index contributed by atoms with van der Waals surface area (Å²) < 4.78 is 0. The Balaban J connectivity index is 2.04. The van der Waals surface area contributed by atoms with Gasteiger partial charge in [0.1, 0.15) is 5.75 Å². The van der Waals surface area contributed by atoms with Gasteiger partial charge in [-0.2, -0.15) is 0 Å². The standard InChI is InChI=1S/C18H17NO2S/c1-11-8-13(9-12(2)17(11)20)10-16-18(21)19(3)14-6-4-5-7-15(14)22-16/h4-10,20H,1-3H3/b16-10+. The Kier molecular flexibility index (Phi) is 3.71. The molecule has 1 N–H and O–H groups in total. The van der Waals surface area contributed by atoms with E-state index < -0.39 is 0 Å². The van der Waals surface area contributed by atoms with Gasteiger partial charge in [0.05, 0.1) is 10.6 Å². The molecule has 0 atom stereocenters. The minimum atomic E-state index is -0.00733. The van der Waals surface area contributed by atoms with E-state index in [-0.39, 0.29) is 5.91 Å². The number of hydrogen-bond acceptors (Lipinski definition) is 3. The summed E-state index contributed by atoms with van der Waals surface area (Å²) in [6.07, 6.45) is 1.89. The third kappa shape index (κ3) is 2.50. The molecule has 0 aliphatic carbocycles. The van der Waals surface area contributed by atoms with E-state index in [2.05, 4.69) is 0 Å². The number of carbonyl (C=O) groups excluding carboxylic acids is 1. The Morgan fingerprint density at radius 3 is 2.45 bits per heavy atom. The van der Waals surface area contributed by atoms with Crippen LogP contribution in [0, 0.1) is 13.8 Å². The molecule has 0 saturated heterocycles. The Hall–Kier alpha value is -2.20. The van der Waals surface area contributed by atoms with E-state index in [9.17, 15) is 9.90 Å². The van der Waals surface area contributed by atoms with E-state index in [0.717, 1.165) is 27.3 Å². The molecule has 3 nitrogen and oxygen atoms in total. The van der Waals surface area contributed by atoms with Crippen LogP contribution in [0.3, 0.4) is 0 Å². The highest BCUT2D eigenvalue weighted by Crippen LogP contribution is 2.41.